The van der Waals surface area contributed by atoms with Gasteiger partial charge in [0.25, 0.3) is 0 Å². The molecule has 1 aromatic rings. The third-order valence-corrected chi connectivity index (χ3v) is 3.34. The molecule has 0 bridgehead atoms. The van der Waals surface area contributed by atoms with E-state index in [1.807, 2.05) is 6.92 Å². The minimum Gasteiger partial charge on any atom is -0.334 e. The van der Waals surface area contributed by atoms with Crippen LogP contribution < -0.4 is 5.73 Å². The summed E-state index contributed by atoms with van der Waals surface area (Å²) < 4.78 is 13.7. The van der Waals surface area contributed by atoms with Crippen molar-refractivity contribution in [3.8, 4) is 0 Å². The van der Waals surface area contributed by atoms with Gasteiger partial charge in [0, 0.05) is 12.1 Å². The number of nitrogens with zero attached hydrogens (tertiary/aromatic N) is 1. The molecule has 0 saturated carbocycles. The van der Waals surface area contributed by atoms with E-state index in [4.69, 9.17) is 5.73 Å². The first-order valence-electron chi connectivity index (χ1n) is 5.91. The van der Waals surface area contributed by atoms with E-state index in [0.717, 1.165) is 12.8 Å². The highest BCUT2D eigenvalue weighted by Gasteiger charge is 2.30. The van der Waals surface area contributed by atoms with Gasteiger partial charge in [0.2, 0.25) is 5.91 Å². The summed E-state index contributed by atoms with van der Waals surface area (Å²) in [5.41, 5.74) is 6.29. The maximum absolute atomic E-state index is 13.7. The van der Waals surface area contributed by atoms with Crippen LogP contribution in [0.5, 0.6) is 0 Å². The van der Waals surface area contributed by atoms with Crippen molar-refractivity contribution >= 4 is 5.91 Å². The number of hydrogen-bond donors (Lipinski definition) is 1. The van der Waals surface area contributed by atoms with E-state index in [1.54, 1.807) is 23.1 Å². The average molecular weight is 236 g/mol. The molecule has 0 unspecified atom stereocenters. The maximum atomic E-state index is 13.7. The molecule has 0 radical (unpaired) electrons. The lowest BCUT2D eigenvalue weighted by Crippen LogP contribution is -2.49. The van der Waals surface area contributed by atoms with E-state index in [1.165, 1.54) is 6.07 Å². The molecule has 2 N–H and O–H groups in total. The van der Waals surface area contributed by atoms with Gasteiger partial charge in [-0.1, -0.05) is 18.2 Å². The van der Waals surface area contributed by atoms with Gasteiger partial charge in [-0.05, 0) is 25.8 Å². The zero-order valence-electron chi connectivity index (χ0n) is 9.90. The van der Waals surface area contributed by atoms with E-state index in [-0.39, 0.29) is 17.8 Å². The van der Waals surface area contributed by atoms with E-state index in [2.05, 4.69) is 0 Å². The molecule has 0 spiro atoms. The Labute approximate surface area is 100 Å². The fraction of sp³-hybridized carbons (Fsp3) is 0.462. The molecule has 4 heteroatoms. The Hall–Kier alpha value is -1.42. The SMILES string of the molecule is C[C@@H](c1ccccc1F)N1CCC[C@@H](N)C1=O. The number of hydrogen-bond acceptors (Lipinski definition) is 2. The summed E-state index contributed by atoms with van der Waals surface area (Å²) in [5, 5.41) is 0. The van der Waals surface area contributed by atoms with Crippen LogP contribution >= 0.6 is 0 Å². The van der Waals surface area contributed by atoms with Crippen LogP contribution in [0.25, 0.3) is 0 Å². The molecule has 1 amide bonds. The van der Waals surface area contributed by atoms with Crippen molar-refractivity contribution < 1.29 is 9.18 Å². The van der Waals surface area contributed by atoms with Crippen molar-refractivity contribution in [1.82, 2.24) is 4.90 Å². The molecule has 0 aliphatic carbocycles. The Morgan fingerprint density at radius 2 is 2.18 bits per heavy atom. The van der Waals surface area contributed by atoms with E-state index in [0.29, 0.717) is 12.1 Å². The lowest BCUT2D eigenvalue weighted by molar-refractivity contribution is -0.137. The normalized spacial score (nSPS) is 22.6. The average Bonchev–Trinajstić information content (AvgIpc) is 2.32. The fourth-order valence-corrected chi connectivity index (χ4v) is 2.29. The number of amides is 1. The monoisotopic (exact) mass is 236 g/mol. The third-order valence-electron chi connectivity index (χ3n) is 3.34. The Bertz CT molecular complexity index is 422. The third kappa shape index (κ3) is 2.31. The Balaban J connectivity index is 2.22. The van der Waals surface area contributed by atoms with Gasteiger partial charge in [-0.3, -0.25) is 4.79 Å². The molecule has 1 saturated heterocycles. The highest BCUT2D eigenvalue weighted by molar-refractivity contribution is 5.82. The van der Waals surface area contributed by atoms with Crippen LogP contribution in [0.2, 0.25) is 0 Å². The van der Waals surface area contributed by atoms with Crippen molar-refractivity contribution in [3.05, 3.63) is 35.6 Å². The minimum atomic E-state index is -0.432. The molecular formula is C13H17FN2O. The first kappa shape index (κ1) is 12.0. The van der Waals surface area contributed by atoms with Crippen molar-refractivity contribution in [1.29, 1.82) is 0 Å². The second-order valence-corrected chi connectivity index (χ2v) is 4.48. The predicted octanol–water partition coefficient (Wildman–Crippen LogP) is 1.84. The first-order valence-corrected chi connectivity index (χ1v) is 5.91. The quantitative estimate of drug-likeness (QED) is 0.851. The Morgan fingerprint density at radius 1 is 1.47 bits per heavy atom. The Morgan fingerprint density at radius 3 is 2.88 bits per heavy atom. The van der Waals surface area contributed by atoms with Crippen molar-refractivity contribution in [2.24, 2.45) is 5.73 Å². The number of benzene rings is 1. The van der Waals surface area contributed by atoms with Crippen LogP contribution in [0, 0.1) is 5.82 Å². The summed E-state index contributed by atoms with van der Waals surface area (Å²) in [6, 6.07) is 5.87. The van der Waals surface area contributed by atoms with E-state index < -0.39 is 6.04 Å². The van der Waals surface area contributed by atoms with E-state index >= 15 is 0 Å². The fourth-order valence-electron chi connectivity index (χ4n) is 2.29. The number of likely N-dealkylation sites (tertiary alicyclic amines) is 1. The molecule has 1 aliphatic rings. The van der Waals surface area contributed by atoms with Crippen LogP contribution in [0.4, 0.5) is 4.39 Å². The maximum Gasteiger partial charge on any atom is 0.239 e. The summed E-state index contributed by atoms with van der Waals surface area (Å²) in [6.07, 6.45) is 1.60. The molecular weight excluding hydrogens is 219 g/mol. The van der Waals surface area contributed by atoms with Gasteiger partial charge >= 0.3 is 0 Å². The first-order chi connectivity index (χ1) is 8.11. The lowest BCUT2D eigenvalue weighted by atomic mass is 10.00. The molecule has 0 aromatic heterocycles. The predicted molar refractivity (Wildman–Crippen MR) is 63.7 cm³/mol. The molecule has 2 rings (SSSR count). The zero-order chi connectivity index (χ0) is 12.4. The number of nitrogens with two attached hydrogens (primary N) is 1. The van der Waals surface area contributed by atoms with Crippen molar-refractivity contribution in [3.63, 3.8) is 0 Å². The summed E-state index contributed by atoms with van der Waals surface area (Å²) in [7, 11) is 0. The second-order valence-electron chi connectivity index (χ2n) is 4.48. The van der Waals surface area contributed by atoms with Gasteiger partial charge < -0.3 is 10.6 Å². The standard InChI is InChI=1S/C13H17FN2O/c1-9(10-5-2-3-6-11(10)14)16-8-4-7-12(15)13(16)17/h2-3,5-6,9,12H,4,7-8,15H2,1H3/t9-,12+/m0/s1. The van der Waals surface area contributed by atoms with Crippen LogP contribution in [0.3, 0.4) is 0 Å². The second kappa shape index (κ2) is 4.84. The Kier molecular flexibility index (Phi) is 3.43. The molecule has 1 heterocycles. The lowest BCUT2D eigenvalue weighted by Gasteiger charge is -2.35. The zero-order valence-corrected chi connectivity index (χ0v) is 9.90. The smallest absolute Gasteiger partial charge is 0.239 e. The van der Waals surface area contributed by atoms with Crippen LogP contribution in [0.1, 0.15) is 31.4 Å². The molecule has 1 fully saturated rings. The number of piperidine rings is 1. The number of carbonyl (C=O) groups excluding carboxylic acids is 1. The molecule has 1 aliphatic heterocycles. The van der Waals surface area contributed by atoms with Crippen molar-refractivity contribution in [2.75, 3.05) is 6.54 Å². The number of rotatable bonds is 2. The molecule has 17 heavy (non-hydrogen) atoms. The summed E-state index contributed by atoms with van der Waals surface area (Å²) >= 11 is 0. The molecule has 92 valence electrons. The number of carbonyl (C=O) groups is 1. The van der Waals surface area contributed by atoms with E-state index in [9.17, 15) is 9.18 Å². The van der Waals surface area contributed by atoms with Gasteiger partial charge in [0.15, 0.2) is 0 Å². The molecule has 2 atom stereocenters. The summed E-state index contributed by atoms with van der Waals surface area (Å²) in [5.74, 6) is -0.348. The molecule has 1 aromatic carbocycles. The minimum absolute atomic E-state index is 0.0768. The van der Waals surface area contributed by atoms with Gasteiger partial charge in [0.1, 0.15) is 5.82 Å². The molecule has 3 nitrogen and oxygen atoms in total. The van der Waals surface area contributed by atoms with Crippen molar-refractivity contribution in [2.45, 2.75) is 31.8 Å². The van der Waals surface area contributed by atoms with Gasteiger partial charge in [-0.15, -0.1) is 0 Å². The topological polar surface area (TPSA) is 46.3 Å². The van der Waals surface area contributed by atoms with Crippen LogP contribution in [-0.2, 0) is 4.79 Å². The van der Waals surface area contributed by atoms with Crippen LogP contribution in [0.15, 0.2) is 24.3 Å². The van der Waals surface area contributed by atoms with Gasteiger partial charge in [-0.2, -0.15) is 0 Å². The number of halogens is 1. The summed E-state index contributed by atoms with van der Waals surface area (Å²) in [4.78, 5) is 13.6. The van der Waals surface area contributed by atoms with Crippen LogP contribution in [-0.4, -0.2) is 23.4 Å². The van der Waals surface area contributed by atoms with Gasteiger partial charge in [0.05, 0.1) is 12.1 Å². The largest absolute Gasteiger partial charge is 0.334 e. The van der Waals surface area contributed by atoms with Gasteiger partial charge in [-0.25, -0.2) is 4.39 Å². The highest BCUT2D eigenvalue weighted by atomic mass is 19.1. The highest BCUT2D eigenvalue weighted by Crippen LogP contribution is 2.26. The summed E-state index contributed by atoms with van der Waals surface area (Å²) in [6.45, 7) is 2.50.